The zero-order valence-electron chi connectivity index (χ0n) is 16.3. The maximum atomic E-state index is 12.9. The van der Waals surface area contributed by atoms with Crippen LogP contribution in [0.3, 0.4) is 0 Å². The number of carbonyl (C=O) groups is 3. The minimum atomic E-state index is -0.992. The van der Waals surface area contributed by atoms with E-state index < -0.39 is 30.3 Å². The van der Waals surface area contributed by atoms with Crippen molar-refractivity contribution in [1.29, 1.82) is 0 Å². The number of fused-ring (bicyclic) bond motifs is 4. The third-order valence-corrected chi connectivity index (χ3v) is 6.42. The summed E-state index contributed by atoms with van der Waals surface area (Å²) in [6.45, 7) is 0. The Morgan fingerprint density at radius 3 is 2.17 bits per heavy atom. The number of nitrogens with one attached hydrogen (secondary N) is 1. The fraction of sp³-hybridized carbons (Fsp3) is 0.348. The number of ether oxygens (including phenoxy) is 1. The van der Waals surface area contributed by atoms with E-state index in [0.29, 0.717) is 25.7 Å². The molecule has 7 heteroatoms. The molecule has 3 unspecified atom stereocenters. The largest absolute Gasteiger partial charge is 0.480 e. The molecule has 2 aromatic rings. The molecule has 2 N–H and O–H groups in total. The summed E-state index contributed by atoms with van der Waals surface area (Å²) in [6, 6.07) is 14.0. The molecule has 7 nitrogen and oxygen atoms in total. The number of carboxylic acid groups (broad SMARTS) is 1. The van der Waals surface area contributed by atoms with Crippen molar-refractivity contribution in [2.45, 2.75) is 49.9 Å². The SMILES string of the molecule is O=C(NC1CCC2CCC(C(=O)O)N2C1=O)OC1c2ccccc2-c2ccccc21. The maximum Gasteiger partial charge on any atom is 0.408 e. The molecule has 0 aromatic heterocycles. The standard InChI is InChI=1S/C23H22N2O5/c26-21-18(11-9-13-10-12-19(22(27)28)25(13)21)24-23(29)30-20-16-7-3-1-5-14(16)15-6-2-4-8-17(15)20/h1-8,13,18-20H,9-12H2,(H,24,29)(H,27,28). The van der Waals surface area contributed by atoms with Crippen LogP contribution in [0.2, 0.25) is 0 Å². The number of piperidine rings is 1. The molecule has 1 aliphatic carbocycles. The number of hydrogen-bond acceptors (Lipinski definition) is 4. The number of carbonyl (C=O) groups excluding carboxylic acids is 2. The summed E-state index contributed by atoms with van der Waals surface area (Å²) in [7, 11) is 0. The molecule has 3 aliphatic rings. The Kier molecular flexibility index (Phi) is 4.46. The van der Waals surface area contributed by atoms with E-state index in [4.69, 9.17) is 4.74 Å². The molecule has 0 bridgehead atoms. The first kappa shape index (κ1) is 18.7. The number of carboxylic acids is 1. The van der Waals surface area contributed by atoms with Crippen LogP contribution in [-0.4, -0.2) is 46.1 Å². The summed E-state index contributed by atoms with van der Waals surface area (Å²) in [5, 5.41) is 12.1. The first-order valence-corrected chi connectivity index (χ1v) is 10.2. The van der Waals surface area contributed by atoms with Crippen molar-refractivity contribution in [3.8, 4) is 11.1 Å². The van der Waals surface area contributed by atoms with Crippen LogP contribution < -0.4 is 5.32 Å². The Hall–Kier alpha value is -3.35. The summed E-state index contributed by atoms with van der Waals surface area (Å²) >= 11 is 0. The molecule has 5 rings (SSSR count). The highest BCUT2D eigenvalue weighted by atomic mass is 16.6. The zero-order chi connectivity index (χ0) is 20.8. The number of alkyl carbamates (subject to hydrolysis) is 1. The molecular formula is C23H22N2O5. The predicted octanol–water partition coefficient (Wildman–Crippen LogP) is 3.09. The van der Waals surface area contributed by atoms with Crippen LogP contribution in [0.1, 0.15) is 42.9 Å². The van der Waals surface area contributed by atoms with Crippen molar-refractivity contribution in [1.82, 2.24) is 10.2 Å². The molecule has 2 aromatic carbocycles. The Morgan fingerprint density at radius 2 is 1.53 bits per heavy atom. The first-order valence-electron chi connectivity index (χ1n) is 10.2. The Balaban J connectivity index is 1.32. The molecule has 2 fully saturated rings. The van der Waals surface area contributed by atoms with Gasteiger partial charge in [-0.3, -0.25) is 4.79 Å². The number of amides is 2. The van der Waals surface area contributed by atoms with Crippen molar-refractivity contribution in [3.63, 3.8) is 0 Å². The smallest absolute Gasteiger partial charge is 0.408 e. The first-order chi connectivity index (χ1) is 14.5. The Labute approximate surface area is 173 Å². The van der Waals surface area contributed by atoms with E-state index in [9.17, 15) is 19.5 Å². The third-order valence-electron chi connectivity index (χ3n) is 6.42. The normalized spacial score (nSPS) is 24.7. The van der Waals surface area contributed by atoms with Gasteiger partial charge in [0, 0.05) is 17.2 Å². The maximum absolute atomic E-state index is 12.9. The van der Waals surface area contributed by atoms with Crippen LogP contribution in [0.5, 0.6) is 0 Å². The van der Waals surface area contributed by atoms with Gasteiger partial charge in [-0.2, -0.15) is 0 Å². The van der Waals surface area contributed by atoms with Crippen LogP contribution in [0, 0.1) is 0 Å². The van der Waals surface area contributed by atoms with Crippen molar-refractivity contribution >= 4 is 18.0 Å². The summed E-state index contributed by atoms with van der Waals surface area (Å²) in [4.78, 5) is 38.5. The van der Waals surface area contributed by atoms with Gasteiger partial charge in [-0.1, -0.05) is 48.5 Å². The van der Waals surface area contributed by atoms with E-state index >= 15 is 0 Å². The number of nitrogens with zero attached hydrogens (tertiary/aromatic N) is 1. The second-order valence-electron chi connectivity index (χ2n) is 8.06. The Bertz CT molecular complexity index is 990. The van der Waals surface area contributed by atoms with E-state index in [-0.39, 0.29) is 11.9 Å². The van der Waals surface area contributed by atoms with Crippen molar-refractivity contribution in [3.05, 3.63) is 59.7 Å². The molecular weight excluding hydrogens is 384 g/mol. The quantitative estimate of drug-likeness (QED) is 0.817. The highest BCUT2D eigenvalue weighted by Crippen LogP contribution is 2.45. The lowest BCUT2D eigenvalue weighted by molar-refractivity contribution is -0.152. The van der Waals surface area contributed by atoms with Gasteiger partial charge in [-0.15, -0.1) is 0 Å². The van der Waals surface area contributed by atoms with E-state index in [1.54, 1.807) is 0 Å². The van der Waals surface area contributed by atoms with Crippen LogP contribution in [-0.2, 0) is 14.3 Å². The van der Waals surface area contributed by atoms with Gasteiger partial charge in [0.1, 0.15) is 12.1 Å². The molecule has 154 valence electrons. The number of hydrogen-bond donors (Lipinski definition) is 2. The summed E-state index contributed by atoms with van der Waals surface area (Å²) in [5.41, 5.74) is 3.89. The lowest BCUT2D eigenvalue weighted by atomic mass is 9.98. The molecule has 0 spiro atoms. The highest BCUT2D eigenvalue weighted by Gasteiger charge is 2.46. The van der Waals surface area contributed by atoms with Crippen molar-refractivity contribution in [2.75, 3.05) is 0 Å². The monoisotopic (exact) mass is 406 g/mol. The molecule has 30 heavy (non-hydrogen) atoms. The molecule has 0 radical (unpaired) electrons. The van der Waals surface area contributed by atoms with Gasteiger partial charge in [0.15, 0.2) is 6.10 Å². The Morgan fingerprint density at radius 1 is 0.933 bits per heavy atom. The number of rotatable bonds is 3. The molecule has 2 saturated heterocycles. The molecule has 2 aliphatic heterocycles. The van der Waals surface area contributed by atoms with E-state index in [1.165, 1.54) is 4.90 Å². The minimum Gasteiger partial charge on any atom is -0.480 e. The summed E-state index contributed by atoms with van der Waals surface area (Å²) < 4.78 is 5.76. The van der Waals surface area contributed by atoms with Crippen molar-refractivity contribution < 1.29 is 24.2 Å². The van der Waals surface area contributed by atoms with E-state index in [1.807, 2.05) is 48.5 Å². The molecule has 3 atom stereocenters. The third kappa shape index (κ3) is 2.93. The van der Waals surface area contributed by atoms with Crippen molar-refractivity contribution in [2.24, 2.45) is 0 Å². The lowest BCUT2D eigenvalue weighted by Gasteiger charge is -2.36. The van der Waals surface area contributed by atoms with Gasteiger partial charge in [-0.05, 0) is 36.8 Å². The second kappa shape index (κ2) is 7.16. The zero-order valence-corrected chi connectivity index (χ0v) is 16.3. The summed E-state index contributed by atoms with van der Waals surface area (Å²) in [6.07, 6.45) is 1.10. The topological polar surface area (TPSA) is 95.9 Å². The van der Waals surface area contributed by atoms with Crippen LogP contribution in [0.15, 0.2) is 48.5 Å². The van der Waals surface area contributed by atoms with Gasteiger partial charge >= 0.3 is 12.1 Å². The van der Waals surface area contributed by atoms with Crippen LogP contribution in [0.25, 0.3) is 11.1 Å². The van der Waals surface area contributed by atoms with E-state index in [0.717, 1.165) is 22.3 Å². The van der Waals surface area contributed by atoms with Gasteiger partial charge in [-0.25, -0.2) is 9.59 Å². The molecule has 0 saturated carbocycles. The number of benzene rings is 2. The van der Waals surface area contributed by atoms with Crippen LogP contribution >= 0.6 is 0 Å². The lowest BCUT2D eigenvalue weighted by Crippen LogP contribution is -2.57. The average Bonchev–Trinajstić information content (AvgIpc) is 3.31. The molecule has 2 heterocycles. The average molecular weight is 406 g/mol. The minimum absolute atomic E-state index is 0.0544. The number of aliphatic carboxylic acids is 1. The van der Waals surface area contributed by atoms with Gasteiger partial charge in [0.05, 0.1) is 0 Å². The molecule has 2 amide bonds. The fourth-order valence-electron chi connectivity index (χ4n) is 5.06. The van der Waals surface area contributed by atoms with Crippen LogP contribution in [0.4, 0.5) is 4.79 Å². The second-order valence-corrected chi connectivity index (χ2v) is 8.06. The fourth-order valence-corrected chi connectivity index (χ4v) is 5.06. The summed E-state index contributed by atoms with van der Waals surface area (Å²) in [5.74, 6) is -1.33. The van der Waals surface area contributed by atoms with Gasteiger partial charge in [0.2, 0.25) is 5.91 Å². The highest BCUT2D eigenvalue weighted by molar-refractivity contribution is 5.91. The van der Waals surface area contributed by atoms with Gasteiger partial charge in [0.25, 0.3) is 0 Å². The van der Waals surface area contributed by atoms with Gasteiger partial charge < -0.3 is 20.1 Å². The predicted molar refractivity (Wildman–Crippen MR) is 108 cm³/mol. The van der Waals surface area contributed by atoms with E-state index in [2.05, 4.69) is 5.32 Å².